The number of methoxy groups -OCH3 is 1. The second-order valence-corrected chi connectivity index (χ2v) is 4.32. The molecule has 1 fully saturated rings. The van der Waals surface area contributed by atoms with Crippen LogP contribution in [-0.4, -0.2) is 25.4 Å². The lowest BCUT2D eigenvalue weighted by atomic mass is 9.96. The van der Waals surface area contributed by atoms with Gasteiger partial charge in [-0.25, -0.2) is 0 Å². The maximum Gasteiger partial charge on any atom is 0.137 e. The molecule has 2 rings (SSSR count). The molecule has 0 spiro atoms. The highest BCUT2D eigenvalue weighted by Gasteiger charge is 2.29. The molecule has 1 aromatic carbocycles. The standard InChI is InChI=1S/C12H15ClO3/c1-15-11-3-2-8(6-10(11)13)12-9(7-14)4-5-16-12/h2-3,6,9,12,14H,4-5,7H2,1H3. The number of aliphatic hydroxyl groups is 1. The molecule has 0 bridgehead atoms. The number of benzene rings is 1. The fourth-order valence-electron chi connectivity index (χ4n) is 2.05. The number of rotatable bonds is 3. The molecule has 1 aliphatic rings. The third-order valence-electron chi connectivity index (χ3n) is 2.95. The molecular weight excluding hydrogens is 228 g/mol. The lowest BCUT2D eigenvalue weighted by molar-refractivity contribution is 0.0720. The topological polar surface area (TPSA) is 38.7 Å². The Morgan fingerprint density at radius 1 is 1.56 bits per heavy atom. The zero-order valence-corrected chi connectivity index (χ0v) is 9.91. The van der Waals surface area contributed by atoms with Crippen molar-refractivity contribution >= 4 is 11.6 Å². The van der Waals surface area contributed by atoms with Crippen LogP contribution in [0.3, 0.4) is 0 Å². The van der Waals surface area contributed by atoms with Gasteiger partial charge in [-0.3, -0.25) is 0 Å². The van der Waals surface area contributed by atoms with Crippen LogP contribution in [0.2, 0.25) is 5.02 Å². The van der Waals surface area contributed by atoms with E-state index in [-0.39, 0.29) is 18.6 Å². The normalized spacial score (nSPS) is 24.7. The third kappa shape index (κ3) is 2.17. The van der Waals surface area contributed by atoms with Gasteiger partial charge < -0.3 is 14.6 Å². The quantitative estimate of drug-likeness (QED) is 0.885. The molecule has 0 aliphatic carbocycles. The summed E-state index contributed by atoms with van der Waals surface area (Å²) in [7, 11) is 1.59. The van der Waals surface area contributed by atoms with E-state index in [0.717, 1.165) is 12.0 Å². The number of ether oxygens (including phenoxy) is 2. The van der Waals surface area contributed by atoms with Gasteiger partial charge in [0, 0.05) is 19.1 Å². The van der Waals surface area contributed by atoms with Crippen LogP contribution >= 0.6 is 11.6 Å². The summed E-state index contributed by atoms with van der Waals surface area (Å²) in [4.78, 5) is 0. The van der Waals surface area contributed by atoms with Gasteiger partial charge in [-0.15, -0.1) is 0 Å². The van der Waals surface area contributed by atoms with Crippen LogP contribution in [0.4, 0.5) is 0 Å². The van der Waals surface area contributed by atoms with Crippen molar-refractivity contribution in [1.82, 2.24) is 0 Å². The molecule has 4 heteroatoms. The Hall–Kier alpha value is -0.770. The molecule has 1 aliphatic heterocycles. The van der Waals surface area contributed by atoms with Crippen LogP contribution in [0.15, 0.2) is 18.2 Å². The molecule has 0 aromatic heterocycles. The minimum atomic E-state index is -0.0478. The summed E-state index contributed by atoms with van der Waals surface area (Å²) in [5, 5.41) is 9.81. The van der Waals surface area contributed by atoms with E-state index < -0.39 is 0 Å². The van der Waals surface area contributed by atoms with Crippen LogP contribution < -0.4 is 4.74 Å². The van der Waals surface area contributed by atoms with Gasteiger partial charge in [-0.05, 0) is 24.1 Å². The summed E-state index contributed by atoms with van der Waals surface area (Å²) in [6, 6.07) is 5.61. The van der Waals surface area contributed by atoms with E-state index >= 15 is 0 Å². The highest BCUT2D eigenvalue weighted by molar-refractivity contribution is 6.32. The smallest absolute Gasteiger partial charge is 0.137 e. The van der Waals surface area contributed by atoms with Crippen LogP contribution in [0, 0.1) is 5.92 Å². The largest absolute Gasteiger partial charge is 0.495 e. The molecule has 0 saturated carbocycles. The molecule has 16 heavy (non-hydrogen) atoms. The van der Waals surface area contributed by atoms with Crippen LogP contribution in [0.5, 0.6) is 5.75 Å². The Labute approximate surface area is 99.9 Å². The maximum atomic E-state index is 9.23. The van der Waals surface area contributed by atoms with Crippen molar-refractivity contribution < 1.29 is 14.6 Å². The summed E-state index contributed by atoms with van der Waals surface area (Å²) in [6.07, 6.45) is 0.846. The highest BCUT2D eigenvalue weighted by atomic mass is 35.5. The summed E-state index contributed by atoms with van der Waals surface area (Å²) in [5.74, 6) is 0.827. The van der Waals surface area contributed by atoms with E-state index in [1.807, 2.05) is 18.2 Å². The molecule has 1 aromatic rings. The molecule has 1 saturated heterocycles. The molecule has 2 atom stereocenters. The number of hydrogen-bond acceptors (Lipinski definition) is 3. The van der Waals surface area contributed by atoms with Crippen molar-refractivity contribution in [1.29, 1.82) is 0 Å². The van der Waals surface area contributed by atoms with E-state index in [1.165, 1.54) is 0 Å². The van der Waals surface area contributed by atoms with Crippen molar-refractivity contribution in [3.63, 3.8) is 0 Å². The van der Waals surface area contributed by atoms with E-state index in [9.17, 15) is 5.11 Å². The van der Waals surface area contributed by atoms with Gasteiger partial charge in [0.05, 0.1) is 18.2 Å². The van der Waals surface area contributed by atoms with E-state index in [2.05, 4.69) is 0 Å². The van der Waals surface area contributed by atoms with Gasteiger partial charge in [0.1, 0.15) is 5.75 Å². The Kier molecular flexibility index (Phi) is 3.69. The van der Waals surface area contributed by atoms with E-state index in [0.29, 0.717) is 17.4 Å². The molecule has 88 valence electrons. The lowest BCUT2D eigenvalue weighted by Gasteiger charge is -2.17. The second-order valence-electron chi connectivity index (χ2n) is 3.92. The van der Waals surface area contributed by atoms with Crippen molar-refractivity contribution in [3.05, 3.63) is 28.8 Å². The van der Waals surface area contributed by atoms with Gasteiger partial charge in [-0.1, -0.05) is 17.7 Å². The Morgan fingerprint density at radius 3 is 3.00 bits per heavy atom. The zero-order chi connectivity index (χ0) is 11.5. The van der Waals surface area contributed by atoms with Gasteiger partial charge in [0.2, 0.25) is 0 Å². The lowest BCUT2D eigenvalue weighted by Crippen LogP contribution is -2.11. The molecule has 2 unspecified atom stereocenters. The maximum absolute atomic E-state index is 9.23. The summed E-state index contributed by atoms with van der Waals surface area (Å²) in [5.41, 5.74) is 1.00. The average molecular weight is 243 g/mol. The first-order valence-corrected chi connectivity index (χ1v) is 5.70. The number of hydrogen-bond donors (Lipinski definition) is 1. The number of aliphatic hydroxyl groups excluding tert-OH is 1. The van der Waals surface area contributed by atoms with E-state index in [1.54, 1.807) is 7.11 Å². The molecule has 3 nitrogen and oxygen atoms in total. The van der Waals surface area contributed by atoms with Gasteiger partial charge in [-0.2, -0.15) is 0 Å². The fourth-order valence-corrected chi connectivity index (χ4v) is 2.31. The first kappa shape index (κ1) is 11.7. The molecule has 1 N–H and O–H groups in total. The minimum Gasteiger partial charge on any atom is -0.495 e. The van der Waals surface area contributed by atoms with Crippen molar-refractivity contribution in [2.24, 2.45) is 5.92 Å². The minimum absolute atomic E-state index is 0.0478. The SMILES string of the molecule is COc1ccc(C2OCCC2CO)cc1Cl. The predicted molar refractivity (Wildman–Crippen MR) is 61.9 cm³/mol. The molecule has 0 amide bonds. The Morgan fingerprint density at radius 2 is 2.38 bits per heavy atom. The van der Waals surface area contributed by atoms with Crippen LogP contribution in [0.25, 0.3) is 0 Å². The summed E-state index contributed by atoms with van der Waals surface area (Å²) in [6.45, 7) is 0.841. The number of halogens is 1. The van der Waals surface area contributed by atoms with Gasteiger partial charge in [0.25, 0.3) is 0 Å². The zero-order valence-electron chi connectivity index (χ0n) is 9.15. The van der Waals surface area contributed by atoms with Crippen LogP contribution in [-0.2, 0) is 4.74 Å². The summed E-state index contributed by atoms with van der Waals surface area (Å²) >= 11 is 6.06. The summed E-state index contributed by atoms with van der Waals surface area (Å²) < 4.78 is 10.7. The molecule has 0 radical (unpaired) electrons. The Bertz CT molecular complexity index is 367. The second kappa shape index (κ2) is 5.04. The molecule has 1 heterocycles. The van der Waals surface area contributed by atoms with Gasteiger partial charge in [0.15, 0.2) is 0 Å². The van der Waals surface area contributed by atoms with Crippen molar-refractivity contribution in [2.45, 2.75) is 12.5 Å². The first-order chi connectivity index (χ1) is 7.76. The van der Waals surface area contributed by atoms with Crippen molar-refractivity contribution in [3.8, 4) is 5.75 Å². The fraction of sp³-hybridized carbons (Fsp3) is 0.500. The Balaban J connectivity index is 2.23. The van der Waals surface area contributed by atoms with E-state index in [4.69, 9.17) is 21.1 Å². The predicted octanol–water partition coefficient (Wildman–Crippen LogP) is 2.42. The van der Waals surface area contributed by atoms with Crippen molar-refractivity contribution in [2.75, 3.05) is 20.3 Å². The highest BCUT2D eigenvalue weighted by Crippen LogP contribution is 2.37. The van der Waals surface area contributed by atoms with Crippen LogP contribution in [0.1, 0.15) is 18.1 Å². The van der Waals surface area contributed by atoms with Gasteiger partial charge >= 0.3 is 0 Å². The average Bonchev–Trinajstić information content (AvgIpc) is 2.77. The monoisotopic (exact) mass is 242 g/mol. The molecular formula is C12H15ClO3. The third-order valence-corrected chi connectivity index (χ3v) is 3.25. The first-order valence-electron chi connectivity index (χ1n) is 5.32.